The van der Waals surface area contributed by atoms with Gasteiger partial charge in [0.1, 0.15) is 11.7 Å². The molecular weight excluding hydrogens is 302 g/mol. The Morgan fingerprint density at radius 3 is 2.57 bits per heavy atom. The van der Waals surface area contributed by atoms with E-state index in [1.807, 2.05) is 20.8 Å². The van der Waals surface area contributed by atoms with Gasteiger partial charge in [0.05, 0.1) is 10.5 Å². The van der Waals surface area contributed by atoms with Crippen molar-refractivity contribution in [3.63, 3.8) is 0 Å². The number of nitrogens with one attached hydrogen (secondary N) is 1. The summed E-state index contributed by atoms with van der Waals surface area (Å²) in [5, 5.41) is 18.1. The fourth-order valence-corrected chi connectivity index (χ4v) is 2.38. The first-order valence-corrected chi connectivity index (χ1v) is 7.31. The maximum atomic E-state index is 12.8. The summed E-state index contributed by atoms with van der Waals surface area (Å²) in [5.41, 5.74) is -2.19. The van der Waals surface area contributed by atoms with E-state index >= 15 is 0 Å². The van der Waals surface area contributed by atoms with Gasteiger partial charge in [-0.3, -0.25) is 24.4 Å². The molecule has 1 aliphatic rings. The standard InChI is InChI=1S/C14H21N5O4/c1-13(2,3)18-8-9(19(22)23)10(16-18)11(20)17-7-6-15-12(21)14(17,4)5/h8H,6-7H2,1-5H3,(H,15,21). The fraction of sp³-hybridized carbons (Fsp3) is 0.643. The minimum Gasteiger partial charge on any atom is -0.352 e. The number of amides is 2. The van der Waals surface area contributed by atoms with Crippen molar-refractivity contribution in [2.45, 2.75) is 45.7 Å². The van der Waals surface area contributed by atoms with Crippen LogP contribution in [0.5, 0.6) is 0 Å². The first kappa shape index (κ1) is 16.9. The Kier molecular flexibility index (Phi) is 3.91. The molecule has 23 heavy (non-hydrogen) atoms. The molecule has 1 fully saturated rings. The third-order valence-electron chi connectivity index (χ3n) is 3.88. The Hall–Kier alpha value is -2.45. The van der Waals surface area contributed by atoms with E-state index in [-0.39, 0.29) is 23.8 Å². The molecule has 0 spiro atoms. The molecule has 0 unspecified atom stereocenters. The molecule has 1 saturated heterocycles. The lowest BCUT2D eigenvalue weighted by molar-refractivity contribution is -0.385. The van der Waals surface area contributed by atoms with E-state index in [0.717, 1.165) is 0 Å². The van der Waals surface area contributed by atoms with Crippen LogP contribution < -0.4 is 5.32 Å². The van der Waals surface area contributed by atoms with Gasteiger partial charge in [0.2, 0.25) is 11.6 Å². The summed E-state index contributed by atoms with van der Waals surface area (Å²) >= 11 is 0. The molecule has 1 aromatic heterocycles. The maximum Gasteiger partial charge on any atom is 0.320 e. The average Bonchev–Trinajstić information content (AvgIpc) is 2.86. The molecule has 0 aliphatic carbocycles. The molecule has 0 saturated carbocycles. The van der Waals surface area contributed by atoms with E-state index in [4.69, 9.17) is 0 Å². The van der Waals surface area contributed by atoms with Crippen molar-refractivity contribution in [1.29, 1.82) is 0 Å². The van der Waals surface area contributed by atoms with Crippen molar-refractivity contribution >= 4 is 17.5 Å². The number of carbonyl (C=O) groups is 2. The summed E-state index contributed by atoms with van der Waals surface area (Å²) in [6.45, 7) is 9.28. The van der Waals surface area contributed by atoms with Crippen molar-refractivity contribution in [2.24, 2.45) is 0 Å². The van der Waals surface area contributed by atoms with Crippen LogP contribution >= 0.6 is 0 Å². The van der Waals surface area contributed by atoms with Gasteiger partial charge in [0.15, 0.2) is 0 Å². The highest BCUT2D eigenvalue weighted by Crippen LogP contribution is 2.27. The SMILES string of the molecule is CC1(C)C(=O)NCCN1C(=O)c1nn(C(C)(C)C)cc1[N+](=O)[O-]. The zero-order chi connectivity index (χ0) is 17.6. The summed E-state index contributed by atoms with van der Waals surface area (Å²) in [6, 6.07) is 0. The zero-order valence-electron chi connectivity index (χ0n) is 13.9. The van der Waals surface area contributed by atoms with Crippen molar-refractivity contribution < 1.29 is 14.5 Å². The van der Waals surface area contributed by atoms with Crippen molar-refractivity contribution in [3.05, 3.63) is 22.0 Å². The van der Waals surface area contributed by atoms with Crippen molar-refractivity contribution in [1.82, 2.24) is 20.0 Å². The van der Waals surface area contributed by atoms with E-state index in [1.165, 1.54) is 15.8 Å². The smallest absolute Gasteiger partial charge is 0.320 e. The predicted molar refractivity (Wildman–Crippen MR) is 82.0 cm³/mol. The number of piperazine rings is 1. The van der Waals surface area contributed by atoms with Gasteiger partial charge in [-0.05, 0) is 34.6 Å². The Labute approximate surface area is 133 Å². The fourth-order valence-electron chi connectivity index (χ4n) is 2.38. The summed E-state index contributed by atoms with van der Waals surface area (Å²) in [7, 11) is 0. The lowest BCUT2D eigenvalue weighted by Gasteiger charge is -2.40. The van der Waals surface area contributed by atoms with Gasteiger partial charge in [0, 0.05) is 13.1 Å². The average molecular weight is 323 g/mol. The van der Waals surface area contributed by atoms with E-state index < -0.39 is 21.9 Å². The Bertz CT molecular complexity index is 671. The molecule has 0 atom stereocenters. The van der Waals surface area contributed by atoms with Crippen LogP contribution in [0.1, 0.15) is 45.1 Å². The van der Waals surface area contributed by atoms with Crippen LogP contribution in [0.4, 0.5) is 5.69 Å². The molecule has 2 amide bonds. The molecule has 1 aromatic rings. The summed E-state index contributed by atoms with van der Waals surface area (Å²) < 4.78 is 1.40. The quantitative estimate of drug-likeness (QED) is 0.642. The number of rotatable bonds is 2. The van der Waals surface area contributed by atoms with E-state index in [0.29, 0.717) is 6.54 Å². The molecule has 9 nitrogen and oxygen atoms in total. The second-order valence-electron chi connectivity index (χ2n) is 7.01. The molecule has 2 rings (SSSR count). The largest absolute Gasteiger partial charge is 0.352 e. The first-order chi connectivity index (χ1) is 10.5. The zero-order valence-corrected chi connectivity index (χ0v) is 13.9. The van der Waals surface area contributed by atoms with Gasteiger partial charge in [-0.25, -0.2) is 0 Å². The van der Waals surface area contributed by atoms with Gasteiger partial charge < -0.3 is 10.2 Å². The van der Waals surface area contributed by atoms with Gasteiger partial charge in [-0.1, -0.05) is 0 Å². The van der Waals surface area contributed by atoms with Crippen LogP contribution in [0, 0.1) is 10.1 Å². The van der Waals surface area contributed by atoms with Crippen LogP contribution in [0.15, 0.2) is 6.20 Å². The van der Waals surface area contributed by atoms with E-state index in [2.05, 4.69) is 10.4 Å². The second-order valence-corrected chi connectivity index (χ2v) is 7.01. The van der Waals surface area contributed by atoms with Crippen LogP contribution in [0.2, 0.25) is 0 Å². The first-order valence-electron chi connectivity index (χ1n) is 7.31. The van der Waals surface area contributed by atoms with Crippen molar-refractivity contribution in [3.8, 4) is 0 Å². The highest BCUT2D eigenvalue weighted by atomic mass is 16.6. The highest BCUT2D eigenvalue weighted by molar-refractivity contribution is 6.00. The Balaban J connectivity index is 2.48. The van der Waals surface area contributed by atoms with Gasteiger partial charge in [0.25, 0.3) is 5.91 Å². The monoisotopic (exact) mass is 323 g/mol. The number of carbonyl (C=O) groups excluding carboxylic acids is 2. The van der Waals surface area contributed by atoms with Crippen molar-refractivity contribution in [2.75, 3.05) is 13.1 Å². The molecule has 126 valence electrons. The number of nitro groups is 1. The molecule has 0 aromatic carbocycles. The van der Waals surface area contributed by atoms with Crippen LogP contribution in [-0.2, 0) is 10.3 Å². The molecule has 0 radical (unpaired) electrons. The maximum absolute atomic E-state index is 12.8. The third-order valence-corrected chi connectivity index (χ3v) is 3.88. The van der Waals surface area contributed by atoms with Crippen LogP contribution in [0.3, 0.4) is 0 Å². The molecular formula is C14H21N5O4. The highest BCUT2D eigenvalue weighted by Gasteiger charge is 2.43. The Morgan fingerprint density at radius 2 is 2.04 bits per heavy atom. The van der Waals surface area contributed by atoms with Crippen LogP contribution in [-0.4, -0.2) is 50.0 Å². The topological polar surface area (TPSA) is 110 Å². The lowest BCUT2D eigenvalue weighted by Crippen LogP contribution is -2.63. The molecule has 1 aliphatic heterocycles. The number of aromatic nitrogens is 2. The summed E-state index contributed by atoms with van der Waals surface area (Å²) in [4.78, 5) is 36.8. The Morgan fingerprint density at radius 1 is 1.43 bits per heavy atom. The number of hydrogen-bond acceptors (Lipinski definition) is 5. The normalized spacial score (nSPS) is 17.8. The summed E-state index contributed by atoms with van der Waals surface area (Å²) in [5.74, 6) is -0.908. The summed E-state index contributed by atoms with van der Waals surface area (Å²) in [6.07, 6.45) is 1.25. The minimum atomic E-state index is -1.09. The minimum absolute atomic E-state index is 0.243. The van der Waals surface area contributed by atoms with Gasteiger partial charge in [-0.2, -0.15) is 5.10 Å². The van der Waals surface area contributed by atoms with E-state index in [1.54, 1.807) is 13.8 Å². The van der Waals surface area contributed by atoms with Gasteiger partial charge in [-0.15, -0.1) is 0 Å². The predicted octanol–water partition coefficient (Wildman–Crippen LogP) is 0.897. The second kappa shape index (κ2) is 5.32. The molecule has 0 bridgehead atoms. The third kappa shape index (κ3) is 2.90. The molecule has 9 heteroatoms. The molecule has 2 heterocycles. The number of hydrogen-bond donors (Lipinski definition) is 1. The molecule has 1 N–H and O–H groups in total. The lowest BCUT2D eigenvalue weighted by atomic mass is 9.98. The number of nitrogens with zero attached hydrogens (tertiary/aromatic N) is 4. The van der Waals surface area contributed by atoms with E-state index in [9.17, 15) is 19.7 Å². The van der Waals surface area contributed by atoms with Gasteiger partial charge >= 0.3 is 5.69 Å². The van der Waals surface area contributed by atoms with Crippen LogP contribution in [0.25, 0.3) is 0 Å².